The molecule has 0 aliphatic rings. The van der Waals surface area contributed by atoms with Gasteiger partial charge < -0.3 is 20.4 Å². The summed E-state index contributed by atoms with van der Waals surface area (Å²) < 4.78 is 0. The van der Waals surface area contributed by atoms with Crippen molar-refractivity contribution in [1.29, 1.82) is 0 Å². The number of hydrogen-bond donors (Lipinski definition) is 4. The Morgan fingerprint density at radius 3 is 1.37 bits per heavy atom. The lowest BCUT2D eigenvalue weighted by Gasteiger charge is -2.27. The summed E-state index contributed by atoms with van der Waals surface area (Å²) in [5.74, 6) is -3.91. The fraction of sp³-hybridized carbons (Fsp3) is 0.778. The molecule has 0 rings (SSSR count). The molecular weight excluding hydrogens is 400 g/mol. The lowest BCUT2D eigenvalue weighted by atomic mass is 10.3. The molecule has 0 aliphatic heterocycles. The molecular formula is C18H34N4O8. The minimum absolute atomic E-state index is 0.0777. The van der Waals surface area contributed by atoms with E-state index in [1.165, 1.54) is 0 Å². The maximum absolute atomic E-state index is 11.1. The minimum Gasteiger partial charge on any atom is -0.480 e. The third kappa shape index (κ3) is 15.6. The molecule has 0 atom stereocenters. The highest BCUT2D eigenvalue weighted by Crippen LogP contribution is 1.99. The zero-order valence-corrected chi connectivity index (χ0v) is 17.7. The van der Waals surface area contributed by atoms with Crippen LogP contribution in [-0.2, 0) is 19.2 Å². The van der Waals surface area contributed by atoms with E-state index in [0.29, 0.717) is 52.2 Å². The molecule has 0 heterocycles. The zero-order valence-electron chi connectivity index (χ0n) is 17.7. The fourth-order valence-electron chi connectivity index (χ4n) is 2.89. The Hall–Kier alpha value is -2.28. The van der Waals surface area contributed by atoms with Gasteiger partial charge in [-0.15, -0.1) is 0 Å². The van der Waals surface area contributed by atoms with Crippen LogP contribution in [0.5, 0.6) is 0 Å². The van der Waals surface area contributed by atoms with E-state index in [4.69, 9.17) is 20.4 Å². The van der Waals surface area contributed by atoms with Crippen molar-refractivity contribution in [2.24, 2.45) is 0 Å². The predicted molar refractivity (Wildman–Crippen MR) is 108 cm³/mol. The van der Waals surface area contributed by atoms with E-state index >= 15 is 0 Å². The second-order valence-corrected chi connectivity index (χ2v) is 7.09. The lowest BCUT2D eigenvalue weighted by molar-refractivity contribution is -0.140. The summed E-state index contributed by atoms with van der Waals surface area (Å²) in [5.41, 5.74) is 0. The maximum Gasteiger partial charge on any atom is 0.317 e. The topological polar surface area (TPSA) is 162 Å². The second-order valence-electron chi connectivity index (χ2n) is 7.09. The van der Waals surface area contributed by atoms with Crippen LogP contribution in [0.3, 0.4) is 0 Å². The molecule has 174 valence electrons. The van der Waals surface area contributed by atoms with Crippen molar-refractivity contribution < 1.29 is 39.6 Å². The Bertz CT molecular complexity index is 560. The Morgan fingerprint density at radius 1 is 0.567 bits per heavy atom. The number of carbonyl (C=O) groups is 4. The summed E-state index contributed by atoms with van der Waals surface area (Å²) in [7, 11) is 1.63. The molecule has 4 N–H and O–H groups in total. The fourth-order valence-corrected chi connectivity index (χ4v) is 2.89. The van der Waals surface area contributed by atoms with Gasteiger partial charge in [-0.3, -0.25) is 38.8 Å². The first-order chi connectivity index (χ1) is 14.0. The van der Waals surface area contributed by atoms with E-state index in [-0.39, 0.29) is 26.2 Å². The summed E-state index contributed by atoms with van der Waals surface area (Å²) in [4.78, 5) is 50.5. The highest BCUT2D eigenvalue weighted by atomic mass is 16.4. The number of hydrogen-bond acceptors (Lipinski definition) is 8. The number of carboxylic acid groups (broad SMARTS) is 4. The van der Waals surface area contributed by atoms with Crippen LogP contribution in [0.1, 0.15) is 13.3 Å². The summed E-state index contributed by atoms with van der Waals surface area (Å²) in [6.07, 6.45) is 0.578. The molecule has 0 spiro atoms. The van der Waals surface area contributed by atoms with Crippen molar-refractivity contribution in [2.45, 2.75) is 13.3 Å². The third-order valence-corrected chi connectivity index (χ3v) is 4.41. The molecule has 0 unspecified atom stereocenters. The van der Waals surface area contributed by atoms with Crippen molar-refractivity contribution in [3.63, 3.8) is 0 Å². The van der Waals surface area contributed by atoms with E-state index < -0.39 is 23.9 Å². The number of carboxylic acids is 4. The third-order valence-electron chi connectivity index (χ3n) is 4.41. The van der Waals surface area contributed by atoms with Gasteiger partial charge in [-0.05, 0) is 26.6 Å². The summed E-state index contributed by atoms with van der Waals surface area (Å²) >= 11 is 0. The molecule has 0 radical (unpaired) electrons. The molecule has 0 aromatic rings. The quantitative estimate of drug-likeness (QED) is 0.188. The number of likely N-dealkylation sites (N-methyl/N-ethyl adjacent to an activating group) is 2. The predicted octanol–water partition coefficient (Wildman–Crippen LogP) is -1.43. The standard InChI is InChI=1S/C18H34N4O8/c1-3-20(12-16(25)26)5-4-6-21(13-17(27)28)9-10-22(14-18(29)30)8-7-19(2)11-15(23)24/h3-14H2,1-2H3,(H,23,24)(H,25,26)(H,27,28)(H,29,30). The van der Waals surface area contributed by atoms with Crippen LogP contribution < -0.4 is 0 Å². The summed E-state index contributed by atoms with van der Waals surface area (Å²) in [6.45, 7) is 4.03. The van der Waals surface area contributed by atoms with E-state index in [1.54, 1.807) is 26.6 Å². The van der Waals surface area contributed by atoms with Crippen LogP contribution in [0.15, 0.2) is 0 Å². The molecule has 0 fully saturated rings. The molecule has 30 heavy (non-hydrogen) atoms. The summed E-state index contributed by atoms with van der Waals surface area (Å²) in [5, 5.41) is 35.9. The second kappa shape index (κ2) is 15.5. The molecule has 0 aliphatic carbocycles. The Balaban J connectivity index is 4.68. The van der Waals surface area contributed by atoms with Gasteiger partial charge in [0, 0.05) is 32.7 Å². The monoisotopic (exact) mass is 434 g/mol. The average Bonchev–Trinajstić information content (AvgIpc) is 2.60. The van der Waals surface area contributed by atoms with E-state index in [2.05, 4.69) is 0 Å². The van der Waals surface area contributed by atoms with Crippen LogP contribution in [0.4, 0.5) is 0 Å². The molecule has 0 aromatic carbocycles. The Morgan fingerprint density at radius 2 is 0.933 bits per heavy atom. The Labute approximate surface area is 176 Å². The van der Waals surface area contributed by atoms with Crippen LogP contribution in [-0.4, -0.2) is 143 Å². The number of rotatable bonds is 19. The van der Waals surface area contributed by atoms with Gasteiger partial charge in [0.15, 0.2) is 0 Å². The Kier molecular flexibility index (Phi) is 14.4. The molecule has 0 aromatic heterocycles. The van der Waals surface area contributed by atoms with Gasteiger partial charge in [-0.2, -0.15) is 0 Å². The van der Waals surface area contributed by atoms with Gasteiger partial charge in [0.1, 0.15) is 0 Å². The SMILES string of the molecule is CCN(CCCN(CCN(CCN(C)CC(=O)O)CC(=O)O)CC(=O)O)CC(=O)O. The van der Waals surface area contributed by atoms with Crippen molar-refractivity contribution in [1.82, 2.24) is 19.6 Å². The van der Waals surface area contributed by atoms with Crippen LogP contribution in [0.25, 0.3) is 0 Å². The highest BCUT2D eigenvalue weighted by Gasteiger charge is 2.16. The molecule has 0 saturated heterocycles. The number of nitrogens with zero attached hydrogens (tertiary/aromatic N) is 4. The van der Waals surface area contributed by atoms with E-state index in [9.17, 15) is 19.2 Å². The smallest absolute Gasteiger partial charge is 0.317 e. The van der Waals surface area contributed by atoms with Gasteiger partial charge in [-0.1, -0.05) is 6.92 Å². The van der Waals surface area contributed by atoms with Crippen molar-refractivity contribution >= 4 is 23.9 Å². The lowest BCUT2D eigenvalue weighted by Crippen LogP contribution is -2.43. The molecule has 0 saturated carbocycles. The zero-order chi connectivity index (χ0) is 23.1. The molecule has 12 heteroatoms. The average molecular weight is 434 g/mol. The van der Waals surface area contributed by atoms with Gasteiger partial charge in [-0.25, -0.2) is 0 Å². The number of aliphatic carboxylic acids is 4. The summed E-state index contributed by atoms with van der Waals surface area (Å²) in [6, 6.07) is 0. The molecule has 0 bridgehead atoms. The minimum atomic E-state index is -1.02. The van der Waals surface area contributed by atoms with Gasteiger partial charge in [0.2, 0.25) is 0 Å². The van der Waals surface area contributed by atoms with Crippen LogP contribution in [0.2, 0.25) is 0 Å². The first kappa shape index (κ1) is 27.7. The van der Waals surface area contributed by atoms with Crippen molar-refractivity contribution in [3.05, 3.63) is 0 Å². The normalized spacial score (nSPS) is 11.5. The maximum atomic E-state index is 11.1. The van der Waals surface area contributed by atoms with E-state index in [0.717, 1.165) is 0 Å². The highest BCUT2D eigenvalue weighted by molar-refractivity contribution is 5.70. The molecule has 0 amide bonds. The van der Waals surface area contributed by atoms with Gasteiger partial charge >= 0.3 is 23.9 Å². The first-order valence-corrected chi connectivity index (χ1v) is 9.76. The molecule has 12 nitrogen and oxygen atoms in total. The van der Waals surface area contributed by atoms with Crippen molar-refractivity contribution in [2.75, 3.05) is 79.0 Å². The van der Waals surface area contributed by atoms with E-state index in [1.807, 2.05) is 6.92 Å². The first-order valence-electron chi connectivity index (χ1n) is 9.76. The van der Waals surface area contributed by atoms with Crippen LogP contribution in [0, 0.1) is 0 Å². The van der Waals surface area contributed by atoms with Crippen LogP contribution >= 0.6 is 0 Å². The van der Waals surface area contributed by atoms with Gasteiger partial charge in [0.05, 0.1) is 26.2 Å². The van der Waals surface area contributed by atoms with Gasteiger partial charge in [0.25, 0.3) is 0 Å². The van der Waals surface area contributed by atoms with Crippen molar-refractivity contribution in [3.8, 4) is 0 Å². The largest absolute Gasteiger partial charge is 0.480 e.